The summed E-state index contributed by atoms with van der Waals surface area (Å²) >= 11 is 0. The third kappa shape index (κ3) is 2.56. The number of hydrogen-bond acceptors (Lipinski definition) is 3. The monoisotopic (exact) mass is 210 g/mol. The summed E-state index contributed by atoms with van der Waals surface area (Å²) < 4.78 is 1.78. The van der Waals surface area contributed by atoms with E-state index in [0.29, 0.717) is 0 Å². The van der Waals surface area contributed by atoms with Crippen molar-refractivity contribution in [2.24, 2.45) is 12.8 Å². The van der Waals surface area contributed by atoms with Crippen molar-refractivity contribution in [2.45, 2.75) is 32.9 Å². The van der Waals surface area contributed by atoms with Crippen molar-refractivity contribution in [3.8, 4) is 0 Å². The lowest BCUT2D eigenvalue weighted by atomic mass is 10.1. The fourth-order valence-electron chi connectivity index (χ4n) is 1.36. The van der Waals surface area contributed by atoms with E-state index in [1.807, 2.05) is 20.9 Å². The van der Waals surface area contributed by atoms with Crippen molar-refractivity contribution < 1.29 is 4.79 Å². The van der Waals surface area contributed by atoms with E-state index in [0.717, 1.165) is 11.3 Å². The second-order valence-electron chi connectivity index (χ2n) is 3.83. The summed E-state index contributed by atoms with van der Waals surface area (Å²) in [6.45, 7) is 5.55. The predicted octanol–water partition coefficient (Wildman–Crippen LogP) is 0.253. The molecule has 1 amide bonds. The van der Waals surface area contributed by atoms with Gasteiger partial charge in [0, 0.05) is 18.3 Å². The largest absolute Gasteiger partial charge is 0.348 e. The molecule has 3 N–H and O–H groups in total. The van der Waals surface area contributed by atoms with Gasteiger partial charge >= 0.3 is 0 Å². The maximum atomic E-state index is 11.4. The summed E-state index contributed by atoms with van der Waals surface area (Å²) in [5.74, 6) is -0.147. The second kappa shape index (κ2) is 4.44. The van der Waals surface area contributed by atoms with E-state index < -0.39 is 6.04 Å². The van der Waals surface area contributed by atoms with Gasteiger partial charge in [0.2, 0.25) is 5.91 Å². The number of aryl methyl sites for hydroxylation is 1. The Morgan fingerprint density at radius 2 is 2.20 bits per heavy atom. The molecule has 1 aromatic heterocycles. The van der Waals surface area contributed by atoms with Gasteiger partial charge in [0.15, 0.2) is 0 Å². The molecule has 0 radical (unpaired) electrons. The molecule has 15 heavy (non-hydrogen) atoms. The van der Waals surface area contributed by atoms with Gasteiger partial charge in [-0.2, -0.15) is 5.10 Å². The predicted molar refractivity (Wildman–Crippen MR) is 58.2 cm³/mol. The number of nitrogens with two attached hydrogens (primary N) is 1. The highest BCUT2D eigenvalue weighted by Crippen LogP contribution is 2.15. The Balaban J connectivity index is 2.73. The molecular formula is C10H18N4O. The smallest absolute Gasteiger partial charge is 0.237 e. The topological polar surface area (TPSA) is 72.9 Å². The molecule has 0 saturated heterocycles. The first-order valence-corrected chi connectivity index (χ1v) is 4.98. The van der Waals surface area contributed by atoms with Crippen LogP contribution in [0.15, 0.2) is 6.20 Å². The molecule has 0 spiro atoms. The van der Waals surface area contributed by atoms with Gasteiger partial charge in [-0.25, -0.2) is 0 Å². The molecule has 0 fully saturated rings. The zero-order valence-corrected chi connectivity index (χ0v) is 9.61. The number of nitrogens with zero attached hydrogens (tertiary/aromatic N) is 2. The zero-order valence-electron chi connectivity index (χ0n) is 9.61. The van der Waals surface area contributed by atoms with E-state index in [4.69, 9.17) is 5.73 Å². The molecule has 0 saturated carbocycles. The summed E-state index contributed by atoms with van der Waals surface area (Å²) in [7, 11) is 1.87. The van der Waals surface area contributed by atoms with Crippen LogP contribution in [0.3, 0.4) is 0 Å². The summed E-state index contributed by atoms with van der Waals surface area (Å²) in [5, 5.41) is 6.96. The van der Waals surface area contributed by atoms with E-state index in [1.54, 1.807) is 17.8 Å². The lowest BCUT2D eigenvalue weighted by molar-refractivity contribution is -0.122. The van der Waals surface area contributed by atoms with Crippen LogP contribution < -0.4 is 11.1 Å². The number of amides is 1. The summed E-state index contributed by atoms with van der Waals surface area (Å²) in [5.41, 5.74) is 7.54. The third-order valence-corrected chi connectivity index (χ3v) is 2.51. The average molecular weight is 210 g/mol. The van der Waals surface area contributed by atoms with Crippen LogP contribution in [0.25, 0.3) is 0 Å². The standard InChI is InChI=1S/C10H18N4O/c1-6(11)10(15)13-7(2)9-5-12-14(4)8(9)3/h5-7H,11H2,1-4H3,(H,13,15)/t6-,7?/m0/s1. The molecule has 1 unspecified atom stereocenters. The zero-order chi connectivity index (χ0) is 11.6. The van der Waals surface area contributed by atoms with Crippen molar-refractivity contribution >= 4 is 5.91 Å². The maximum Gasteiger partial charge on any atom is 0.237 e. The van der Waals surface area contributed by atoms with Gasteiger partial charge in [0.05, 0.1) is 18.3 Å². The van der Waals surface area contributed by atoms with Gasteiger partial charge in [-0.3, -0.25) is 9.48 Å². The summed E-state index contributed by atoms with van der Waals surface area (Å²) in [6, 6.07) is -0.540. The molecule has 1 rings (SSSR count). The highest BCUT2D eigenvalue weighted by Gasteiger charge is 2.16. The molecule has 0 aromatic carbocycles. The number of rotatable bonds is 3. The molecule has 2 atom stereocenters. The quantitative estimate of drug-likeness (QED) is 0.751. The Kier molecular flexibility index (Phi) is 3.47. The SMILES string of the molecule is Cc1c(C(C)NC(=O)[C@H](C)N)cnn1C. The molecule has 0 aliphatic heterocycles. The van der Waals surface area contributed by atoms with E-state index in [9.17, 15) is 4.79 Å². The van der Waals surface area contributed by atoms with Gasteiger partial charge in [-0.1, -0.05) is 0 Å². The molecule has 0 bridgehead atoms. The van der Waals surface area contributed by atoms with Crippen molar-refractivity contribution in [1.29, 1.82) is 0 Å². The van der Waals surface area contributed by atoms with Crippen LogP contribution in [0.2, 0.25) is 0 Å². The number of carbonyl (C=O) groups excluding carboxylic acids is 1. The van der Waals surface area contributed by atoms with Crippen LogP contribution in [-0.4, -0.2) is 21.7 Å². The molecule has 84 valence electrons. The maximum absolute atomic E-state index is 11.4. The van der Waals surface area contributed by atoms with Crippen molar-refractivity contribution in [1.82, 2.24) is 15.1 Å². The van der Waals surface area contributed by atoms with Gasteiger partial charge in [-0.15, -0.1) is 0 Å². The first-order valence-electron chi connectivity index (χ1n) is 4.98. The second-order valence-corrected chi connectivity index (χ2v) is 3.83. The van der Waals surface area contributed by atoms with Crippen LogP contribution in [0, 0.1) is 6.92 Å². The number of carbonyl (C=O) groups is 1. The van der Waals surface area contributed by atoms with E-state index >= 15 is 0 Å². The van der Waals surface area contributed by atoms with Crippen molar-refractivity contribution in [3.05, 3.63) is 17.5 Å². The molecule has 5 heteroatoms. The van der Waals surface area contributed by atoms with Crippen molar-refractivity contribution in [2.75, 3.05) is 0 Å². The van der Waals surface area contributed by atoms with Gasteiger partial charge in [-0.05, 0) is 20.8 Å². The van der Waals surface area contributed by atoms with Gasteiger partial charge in [0.25, 0.3) is 0 Å². The Hall–Kier alpha value is -1.36. The molecule has 1 aromatic rings. The molecule has 0 aliphatic carbocycles. The summed E-state index contributed by atoms with van der Waals surface area (Å²) in [6.07, 6.45) is 1.77. The lowest BCUT2D eigenvalue weighted by Crippen LogP contribution is -2.39. The van der Waals surface area contributed by atoms with Crippen molar-refractivity contribution in [3.63, 3.8) is 0 Å². The number of hydrogen-bond donors (Lipinski definition) is 2. The molecular weight excluding hydrogens is 192 g/mol. The molecule has 5 nitrogen and oxygen atoms in total. The highest BCUT2D eigenvalue weighted by atomic mass is 16.2. The fourth-order valence-corrected chi connectivity index (χ4v) is 1.36. The minimum absolute atomic E-state index is 0.0581. The van der Waals surface area contributed by atoms with E-state index in [-0.39, 0.29) is 11.9 Å². The lowest BCUT2D eigenvalue weighted by Gasteiger charge is -2.15. The fraction of sp³-hybridized carbons (Fsp3) is 0.600. The Morgan fingerprint density at radius 3 is 2.60 bits per heavy atom. The minimum atomic E-state index is -0.482. The third-order valence-electron chi connectivity index (χ3n) is 2.51. The van der Waals surface area contributed by atoms with Gasteiger partial charge in [0.1, 0.15) is 0 Å². The van der Waals surface area contributed by atoms with E-state index in [1.165, 1.54) is 0 Å². The first-order chi connectivity index (χ1) is 6.93. The Labute approximate surface area is 89.6 Å². The molecule has 1 heterocycles. The van der Waals surface area contributed by atoms with Crippen LogP contribution >= 0.6 is 0 Å². The molecule has 0 aliphatic rings. The van der Waals surface area contributed by atoms with Gasteiger partial charge < -0.3 is 11.1 Å². The number of nitrogens with one attached hydrogen (secondary N) is 1. The minimum Gasteiger partial charge on any atom is -0.348 e. The van der Waals surface area contributed by atoms with Crippen LogP contribution in [0.4, 0.5) is 0 Å². The Bertz CT molecular complexity index is 356. The number of aromatic nitrogens is 2. The van der Waals surface area contributed by atoms with E-state index in [2.05, 4.69) is 10.4 Å². The Morgan fingerprint density at radius 1 is 1.60 bits per heavy atom. The van der Waals surface area contributed by atoms with Crippen LogP contribution in [0.1, 0.15) is 31.1 Å². The summed E-state index contributed by atoms with van der Waals surface area (Å²) in [4.78, 5) is 11.4. The normalized spacial score (nSPS) is 14.7. The average Bonchev–Trinajstić information content (AvgIpc) is 2.47. The first kappa shape index (κ1) is 11.7. The van der Waals surface area contributed by atoms with Crippen LogP contribution in [-0.2, 0) is 11.8 Å². The van der Waals surface area contributed by atoms with Crippen LogP contribution in [0.5, 0.6) is 0 Å². The highest BCUT2D eigenvalue weighted by molar-refractivity contribution is 5.81.